The average molecular weight is 394 g/mol. The van der Waals surface area contributed by atoms with E-state index < -0.39 is 20.0 Å². The van der Waals surface area contributed by atoms with Gasteiger partial charge in [-0.2, -0.15) is 0 Å². The van der Waals surface area contributed by atoms with E-state index in [1.54, 1.807) is 7.11 Å². The highest BCUT2D eigenvalue weighted by Crippen LogP contribution is 2.28. The van der Waals surface area contributed by atoms with Gasteiger partial charge in [0.15, 0.2) is 0 Å². The SMILES string of the molecule is CCS(=O)(=O)NCCS(=O)(=O)NCC1(COC)CCNCC1.Cl. The van der Waals surface area contributed by atoms with Gasteiger partial charge >= 0.3 is 0 Å². The second-order valence-corrected chi connectivity index (χ2v) is 9.64. The van der Waals surface area contributed by atoms with Gasteiger partial charge in [-0.1, -0.05) is 0 Å². The maximum atomic E-state index is 12.0. The molecule has 1 aliphatic rings. The van der Waals surface area contributed by atoms with E-state index in [2.05, 4.69) is 14.8 Å². The Morgan fingerprint density at radius 3 is 2.22 bits per heavy atom. The van der Waals surface area contributed by atoms with Gasteiger partial charge in [-0.05, 0) is 32.9 Å². The molecule has 8 nitrogen and oxygen atoms in total. The first-order chi connectivity index (χ1) is 10.2. The maximum absolute atomic E-state index is 12.0. The van der Waals surface area contributed by atoms with Crippen molar-refractivity contribution < 1.29 is 21.6 Å². The van der Waals surface area contributed by atoms with Crippen LogP contribution in [0.15, 0.2) is 0 Å². The summed E-state index contributed by atoms with van der Waals surface area (Å²) >= 11 is 0. The molecule has 140 valence electrons. The molecule has 0 radical (unpaired) electrons. The fraction of sp³-hybridized carbons (Fsp3) is 1.00. The third-order valence-electron chi connectivity index (χ3n) is 3.85. The zero-order chi connectivity index (χ0) is 16.7. The van der Waals surface area contributed by atoms with Crippen LogP contribution in [-0.2, 0) is 24.8 Å². The van der Waals surface area contributed by atoms with Gasteiger partial charge in [-0.15, -0.1) is 12.4 Å². The van der Waals surface area contributed by atoms with Crippen LogP contribution < -0.4 is 14.8 Å². The molecular weight excluding hydrogens is 366 g/mol. The molecule has 1 fully saturated rings. The number of methoxy groups -OCH3 is 1. The molecule has 0 unspecified atom stereocenters. The first-order valence-corrected chi connectivity index (χ1v) is 10.7. The first-order valence-electron chi connectivity index (χ1n) is 7.38. The summed E-state index contributed by atoms with van der Waals surface area (Å²) in [5.74, 6) is -0.335. The summed E-state index contributed by atoms with van der Waals surface area (Å²) in [6, 6.07) is 0. The van der Waals surface area contributed by atoms with Crippen LogP contribution in [0.2, 0.25) is 0 Å². The Labute approximate surface area is 145 Å². The lowest BCUT2D eigenvalue weighted by atomic mass is 9.80. The van der Waals surface area contributed by atoms with Gasteiger partial charge in [0.1, 0.15) is 0 Å². The topological polar surface area (TPSA) is 114 Å². The lowest BCUT2D eigenvalue weighted by molar-refractivity contribution is 0.0577. The second-order valence-electron chi connectivity index (χ2n) is 5.62. The van der Waals surface area contributed by atoms with Crippen molar-refractivity contribution in [3.05, 3.63) is 0 Å². The van der Waals surface area contributed by atoms with Gasteiger partial charge in [0.05, 0.1) is 18.1 Å². The summed E-state index contributed by atoms with van der Waals surface area (Å²) < 4.78 is 56.6. The molecular formula is C12H28ClN3O5S2. The van der Waals surface area contributed by atoms with Crippen molar-refractivity contribution in [1.82, 2.24) is 14.8 Å². The number of sulfonamides is 2. The van der Waals surface area contributed by atoms with Crippen molar-refractivity contribution in [2.24, 2.45) is 5.41 Å². The van der Waals surface area contributed by atoms with Gasteiger partial charge in [-0.3, -0.25) is 0 Å². The number of rotatable bonds is 10. The Balaban J connectivity index is 0.00000484. The lowest BCUT2D eigenvalue weighted by Crippen LogP contribution is -2.48. The van der Waals surface area contributed by atoms with Crippen molar-refractivity contribution in [2.45, 2.75) is 19.8 Å². The largest absolute Gasteiger partial charge is 0.384 e. The molecule has 0 saturated carbocycles. The number of hydrogen-bond acceptors (Lipinski definition) is 6. The van der Waals surface area contributed by atoms with Crippen LogP contribution in [0, 0.1) is 5.41 Å². The number of ether oxygens (including phenoxy) is 1. The van der Waals surface area contributed by atoms with Gasteiger partial charge in [0.2, 0.25) is 20.0 Å². The number of halogens is 1. The lowest BCUT2D eigenvalue weighted by Gasteiger charge is -2.37. The van der Waals surface area contributed by atoms with Gasteiger partial charge in [-0.25, -0.2) is 26.3 Å². The van der Waals surface area contributed by atoms with Crippen LogP contribution in [0.3, 0.4) is 0 Å². The van der Waals surface area contributed by atoms with E-state index in [1.165, 1.54) is 6.92 Å². The summed E-state index contributed by atoms with van der Waals surface area (Å²) in [7, 11) is -5.28. The minimum atomic E-state index is -3.52. The summed E-state index contributed by atoms with van der Waals surface area (Å²) in [6.45, 7) is 3.86. The van der Waals surface area contributed by atoms with E-state index in [-0.39, 0.29) is 35.9 Å². The Morgan fingerprint density at radius 2 is 1.70 bits per heavy atom. The van der Waals surface area contributed by atoms with Gasteiger partial charge < -0.3 is 10.1 Å². The summed E-state index contributed by atoms with van der Waals surface area (Å²) in [5, 5.41) is 3.24. The Morgan fingerprint density at radius 1 is 1.09 bits per heavy atom. The third kappa shape index (κ3) is 8.62. The molecule has 11 heteroatoms. The highest BCUT2D eigenvalue weighted by Gasteiger charge is 2.33. The first kappa shape index (κ1) is 23.0. The molecule has 0 aliphatic carbocycles. The van der Waals surface area contributed by atoms with E-state index in [1.807, 2.05) is 0 Å². The maximum Gasteiger partial charge on any atom is 0.212 e. The Hall–Kier alpha value is 0.0300. The predicted molar refractivity (Wildman–Crippen MR) is 92.9 cm³/mol. The quantitative estimate of drug-likeness (QED) is 0.451. The molecule has 1 saturated heterocycles. The summed E-state index contributed by atoms with van der Waals surface area (Å²) in [5.41, 5.74) is -0.198. The molecule has 0 aromatic rings. The highest BCUT2D eigenvalue weighted by molar-refractivity contribution is 7.90. The molecule has 0 aromatic carbocycles. The van der Waals surface area contributed by atoms with Gasteiger partial charge in [0.25, 0.3) is 0 Å². The zero-order valence-corrected chi connectivity index (χ0v) is 16.1. The van der Waals surface area contributed by atoms with Crippen LogP contribution in [0.25, 0.3) is 0 Å². The molecule has 1 aliphatic heterocycles. The average Bonchev–Trinajstić information content (AvgIpc) is 2.46. The molecule has 0 aromatic heterocycles. The third-order valence-corrected chi connectivity index (χ3v) is 6.58. The minimum Gasteiger partial charge on any atom is -0.384 e. The summed E-state index contributed by atoms with van der Waals surface area (Å²) in [4.78, 5) is 0. The number of nitrogens with one attached hydrogen (secondary N) is 3. The molecule has 0 amide bonds. The highest BCUT2D eigenvalue weighted by atomic mass is 35.5. The van der Waals surface area contributed by atoms with E-state index in [9.17, 15) is 16.8 Å². The van der Waals surface area contributed by atoms with Crippen LogP contribution in [0.4, 0.5) is 0 Å². The van der Waals surface area contributed by atoms with Crippen LogP contribution in [0.1, 0.15) is 19.8 Å². The fourth-order valence-electron chi connectivity index (χ4n) is 2.40. The predicted octanol–water partition coefficient (Wildman–Crippen LogP) is -0.717. The van der Waals surface area contributed by atoms with Gasteiger partial charge in [0, 0.05) is 25.6 Å². The Kier molecular flexibility index (Phi) is 10.1. The molecule has 0 atom stereocenters. The van der Waals surface area contributed by atoms with Crippen molar-refractivity contribution >= 4 is 32.5 Å². The molecule has 23 heavy (non-hydrogen) atoms. The number of piperidine rings is 1. The molecule has 0 spiro atoms. The normalized spacial score (nSPS) is 18.3. The molecule has 0 bridgehead atoms. The van der Waals surface area contributed by atoms with E-state index in [0.29, 0.717) is 13.2 Å². The fourth-order valence-corrected chi connectivity index (χ4v) is 4.19. The zero-order valence-electron chi connectivity index (χ0n) is 13.6. The monoisotopic (exact) mass is 393 g/mol. The standard InChI is InChI=1S/C12H27N3O5S2.ClH/c1-3-21(16,17)14-8-9-22(18,19)15-10-12(11-20-2)4-6-13-7-5-12;/h13-15H,3-11H2,1-2H3;1H. The van der Waals surface area contributed by atoms with E-state index in [4.69, 9.17) is 4.74 Å². The minimum absolute atomic E-state index is 0. The number of hydrogen-bond donors (Lipinski definition) is 3. The van der Waals surface area contributed by atoms with Crippen molar-refractivity contribution in [3.63, 3.8) is 0 Å². The summed E-state index contributed by atoms with van der Waals surface area (Å²) in [6.07, 6.45) is 1.68. The molecule has 3 N–H and O–H groups in total. The van der Waals surface area contributed by atoms with Crippen LogP contribution >= 0.6 is 12.4 Å². The van der Waals surface area contributed by atoms with E-state index in [0.717, 1.165) is 25.9 Å². The van der Waals surface area contributed by atoms with E-state index >= 15 is 0 Å². The van der Waals surface area contributed by atoms with Crippen LogP contribution in [-0.4, -0.2) is 68.2 Å². The van der Waals surface area contributed by atoms with Crippen molar-refractivity contribution in [1.29, 1.82) is 0 Å². The smallest absolute Gasteiger partial charge is 0.212 e. The molecule has 1 heterocycles. The van der Waals surface area contributed by atoms with Crippen LogP contribution in [0.5, 0.6) is 0 Å². The molecule has 1 rings (SSSR count). The second kappa shape index (κ2) is 10.1. The van der Waals surface area contributed by atoms with Crippen molar-refractivity contribution in [3.8, 4) is 0 Å². The Bertz CT molecular complexity index is 527. The van der Waals surface area contributed by atoms with Crippen molar-refractivity contribution in [2.75, 3.05) is 51.4 Å².